The van der Waals surface area contributed by atoms with Crippen molar-refractivity contribution >= 4 is 16.9 Å². The first kappa shape index (κ1) is 16.8. The van der Waals surface area contributed by atoms with Crippen LogP contribution in [0.4, 0.5) is 0 Å². The van der Waals surface area contributed by atoms with Gasteiger partial charge in [0.2, 0.25) is 0 Å². The molecule has 0 aliphatic heterocycles. The Morgan fingerprint density at radius 1 is 1.08 bits per heavy atom. The molecule has 1 amide bonds. The maximum Gasteiger partial charge on any atom is 0.336 e. The lowest BCUT2D eigenvalue weighted by Gasteiger charge is -2.18. The summed E-state index contributed by atoms with van der Waals surface area (Å²) in [6.45, 7) is 1.68. The Kier molecular flexibility index (Phi) is 4.57. The molecule has 5 heteroatoms. The van der Waals surface area contributed by atoms with Gasteiger partial charge in [-0.1, -0.05) is 30.3 Å². The molecule has 0 saturated carbocycles. The number of benzene rings is 2. The van der Waals surface area contributed by atoms with Gasteiger partial charge in [-0.2, -0.15) is 0 Å². The van der Waals surface area contributed by atoms with Gasteiger partial charge in [0.05, 0.1) is 0 Å². The molecule has 3 rings (SSSR count). The molecule has 0 unspecified atom stereocenters. The third-order valence-corrected chi connectivity index (χ3v) is 3.90. The lowest BCUT2D eigenvalue weighted by molar-refractivity contribution is -0.135. The number of rotatable bonds is 4. The normalized spacial score (nSPS) is 12.0. The lowest BCUT2D eigenvalue weighted by Crippen LogP contribution is -2.35. The van der Waals surface area contributed by atoms with Gasteiger partial charge >= 0.3 is 5.63 Å². The van der Waals surface area contributed by atoms with Crippen LogP contribution in [-0.4, -0.2) is 31.0 Å². The molecule has 0 N–H and O–H groups in total. The van der Waals surface area contributed by atoms with Crippen LogP contribution in [0.3, 0.4) is 0 Å². The zero-order valence-electron chi connectivity index (χ0n) is 14.4. The van der Waals surface area contributed by atoms with Gasteiger partial charge < -0.3 is 14.1 Å². The van der Waals surface area contributed by atoms with Gasteiger partial charge in [-0.15, -0.1) is 0 Å². The third kappa shape index (κ3) is 3.55. The first-order valence-electron chi connectivity index (χ1n) is 7.97. The summed E-state index contributed by atoms with van der Waals surface area (Å²) >= 11 is 0. The van der Waals surface area contributed by atoms with E-state index in [0.717, 1.165) is 16.5 Å². The second-order valence-corrected chi connectivity index (χ2v) is 6.00. The molecule has 0 fully saturated rings. The first-order valence-corrected chi connectivity index (χ1v) is 7.97. The molecular weight excluding hydrogens is 318 g/mol. The molecule has 0 bridgehead atoms. The Balaban J connectivity index is 2.02. The summed E-state index contributed by atoms with van der Waals surface area (Å²) in [5.74, 6) is 0.336. The molecule has 25 heavy (non-hydrogen) atoms. The predicted octanol–water partition coefficient (Wildman–Crippen LogP) is 3.32. The van der Waals surface area contributed by atoms with Crippen LogP contribution in [0.1, 0.15) is 6.92 Å². The minimum absolute atomic E-state index is 0.139. The van der Waals surface area contributed by atoms with Crippen molar-refractivity contribution in [3.05, 3.63) is 65.0 Å². The predicted molar refractivity (Wildman–Crippen MR) is 96.7 cm³/mol. The van der Waals surface area contributed by atoms with E-state index in [-0.39, 0.29) is 5.91 Å². The standard InChI is InChI=1S/C20H19NO4/c1-13(20(23)21(2)3)24-15-9-10-16-17(14-7-5-4-6-8-14)12-19(22)25-18(16)11-15/h4-13H,1-3H3/t13-/m1/s1. The maximum atomic E-state index is 11.9. The number of carbonyl (C=O) groups excluding carboxylic acids is 1. The Labute approximate surface area is 145 Å². The van der Waals surface area contributed by atoms with E-state index >= 15 is 0 Å². The van der Waals surface area contributed by atoms with Gasteiger partial charge in [-0.05, 0) is 30.2 Å². The average molecular weight is 337 g/mol. The highest BCUT2D eigenvalue weighted by molar-refractivity contribution is 5.93. The van der Waals surface area contributed by atoms with E-state index in [0.29, 0.717) is 11.3 Å². The molecule has 0 spiro atoms. The quantitative estimate of drug-likeness (QED) is 0.685. The number of hydrogen-bond donors (Lipinski definition) is 0. The van der Waals surface area contributed by atoms with Crippen LogP contribution in [0.15, 0.2) is 63.8 Å². The third-order valence-electron chi connectivity index (χ3n) is 3.90. The molecular formula is C20H19NO4. The highest BCUT2D eigenvalue weighted by Crippen LogP contribution is 2.29. The molecule has 3 aromatic rings. The molecule has 5 nitrogen and oxygen atoms in total. The minimum Gasteiger partial charge on any atom is -0.481 e. The van der Waals surface area contributed by atoms with E-state index in [1.54, 1.807) is 33.2 Å². The second-order valence-electron chi connectivity index (χ2n) is 6.00. The van der Waals surface area contributed by atoms with Gasteiger partial charge in [0, 0.05) is 31.6 Å². The monoisotopic (exact) mass is 337 g/mol. The molecule has 2 aromatic carbocycles. The number of likely N-dealkylation sites (N-methyl/N-ethyl adjacent to an activating group) is 1. The van der Waals surface area contributed by atoms with Crippen molar-refractivity contribution in [2.24, 2.45) is 0 Å². The fourth-order valence-corrected chi connectivity index (χ4v) is 2.69. The topological polar surface area (TPSA) is 59.8 Å². The number of carbonyl (C=O) groups is 1. The van der Waals surface area contributed by atoms with Crippen LogP contribution in [-0.2, 0) is 4.79 Å². The molecule has 1 heterocycles. The van der Waals surface area contributed by atoms with Crippen molar-refractivity contribution < 1.29 is 13.9 Å². The average Bonchev–Trinajstić information content (AvgIpc) is 2.60. The molecule has 128 valence electrons. The van der Waals surface area contributed by atoms with Crippen LogP contribution in [0.25, 0.3) is 22.1 Å². The van der Waals surface area contributed by atoms with E-state index in [1.807, 2.05) is 36.4 Å². The van der Waals surface area contributed by atoms with Crippen molar-refractivity contribution in [2.45, 2.75) is 13.0 Å². The minimum atomic E-state index is -0.628. The van der Waals surface area contributed by atoms with E-state index in [2.05, 4.69) is 0 Å². The molecule has 0 radical (unpaired) electrons. The van der Waals surface area contributed by atoms with Crippen LogP contribution in [0, 0.1) is 0 Å². The number of fused-ring (bicyclic) bond motifs is 1. The van der Waals surface area contributed by atoms with Gasteiger partial charge in [-0.3, -0.25) is 4.79 Å². The Hall–Kier alpha value is -3.08. The van der Waals surface area contributed by atoms with Gasteiger partial charge in [0.15, 0.2) is 6.10 Å². The summed E-state index contributed by atoms with van der Waals surface area (Å²) in [6.07, 6.45) is -0.628. The number of nitrogens with zero attached hydrogens (tertiary/aromatic N) is 1. The summed E-state index contributed by atoms with van der Waals surface area (Å²) < 4.78 is 11.0. The molecule has 0 aliphatic carbocycles. The fraction of sp³-hybridized carbons (Fsp3) is 0.200. The van der Waals surface area contributed by atoms with Crippen LogP contribution in [0.5, 0.6) is 5.75 Å². The second kappa shape index (κ2) is 6.81. The zero-order chi connectivity index (χ0) is 18.0. The van der Waals surface area contributed by atoms with Crippen molar-refractivity contribution in [1.29, 1.82) is 0 Å². The smallest absolute Gasteiger partial charge is 0.336 e. The lowest BCUT2D eigenvalue weighted by atomic mass is 10.0. The van der Waals surface area contributed by atoms with Crippen LogP contribution >= 0.6 is 0 Å². The summed E-state index contributed by atoms with van der Waals surface area (Å²) in [4.78, 5) is 25.3. The van der Waals surface area contributed by atoms with Crippen molar-refractivity contribution in [3.63, 3.8) is 0 Å². The van der Waals surface area contributed by atoms with Gasteiger partial charge in [0.1, 0.15) is 11.3 Å². The van der Waals surface area contributed by atoms with Gasteiger partial charge in [-0.25, -0.2) is 4.79 Å². The van der Waals surface area contributed by atoms with E-state index < -0.39 is 11.7 Å². The summed E-state index contributed by atoms with van der Waals surface area (Å²) in [5, 5.41) is 0.810. The maximum absolute atomic E-state index is 11.9. The zero-order valence-corrected chi connectivity index (χ0v) is 14.4. The molecule has 0 aliphatic rings. The summed E-state index contributed by atoms with van der Waals surface area (Å²) in [7, 11) is 3.35. The fourth-order valence-electron chi connectivity index (χ4n) is 2.69. The number of amides is 1. The Bertz CT molecular complexity index is 960. The van der Waals surface area contributed by atoms with Crippen molar-refractivity contribution in [1.82, 2.24) is 4.90 Å². The van der Waals surface area contributed by atoms with Crippen molar-refractivity contribution in [3.8, 4) is 16.9 Å². The summed E-state index contributed by atoms with van der Waals surface area (Å²) in [5.41, 5.74) is 1.73. The van der Waals surface area contributed by atoms with E-state index in [4.69, 9.17) is 9.15 Å². The first-order chi connectivity index (χ1) is 12.0. The SMILES string of the molecule is C[C@@H](Oc1ccc2c(-c3ccccc3)cc(=O)oc2c1)C(=O)N(C)C. The van der Waals surface area contributed by atoms with Gasteiger partial charge in [0.25, 0.3) is 5.91 Å². The summed E-state index contributed by atoms with van der Waals surface area (Å²) in [6, 6.07) is 16.4. The van der Waals surface area contributed by atoms with Crippen LogP contribution in [0.2, 0.25) is 0 Å². The number of hydrogen-bond acceptors (Lipinski definition) is 4. The molecule has 0 saturated heterocycles. The molecule has 1 aromatic heterocycles. The van der Waals surface area contributed by atoms with E-state index in [1.165, 1.54) is 11.0 Å². The van der Waals surface area contributed by atoms with Crippen molar-refractivity contribution in [2.75, 3.05) is 14.1 Å². The Morgan fingerprint density at radius 2 is 1.80 bits per heavy atom. The molecule has 1 atom stereocenters. The number of ether oxygens (including phenoxy) is 1. The highest BCUT2D eigenvalue weighted by Gasteiger charge is 2.17. The highest BCUT2D eigenvalue weighted by atomic mass is 16.5. The Morgan fingerprint density at radius 3 is 2.48 bits per heavy atom. The largest absolute Gasteiger partial charge is 0.481 e. The van der Waals surface area contributed by atoms with Crippen LogP contribution < -0.4 is 10.4 Å². The van der Waals surface area contributed by atoms with E-state index in [9.17, 15) is 9.59 Å².